The lowest BCUT2D eigenvalue weighted by Crippen LogP contribution is -2.45. The van der Waals surface area contributed by atoms with Gasteiger partial charge in [0.1, 0.15) is 0 Å². The van der Waals surface area contributed by atoms with Crippen LogP contribution < -0.4 is 10.3 Å². The second-order valence-electron chi connectivity index (χ2n) is 8.51. The van der Waals surface area contributed by atoms with Gasteiger partial charge < -0.3 is 0 Å². The van der Waals surface area contributed by atoms with Crippen LogP contribution in [-0.2, 0) is 46.0 Å². The first kappa shape index (κ1) is 28.0. The zero-order valence-corrected chi connectivity index (χ0v) is 21.6. The van der Waals surface area contributed by atoms with Crippen molar-refractivity contribution in [3.8, 4) is 0 Å². The highest BCUT2D eigenvalue weighted by Gasteiger charge is 2.25. The third-order valence-electron chi connectivity index (χ3n) is 6.29. The van der Waals surface area contributed by atoms with Crippen molar-refractivity contribution in [2.24, 2.45) is 10.3 Å². The van der Waals surface area contributed by atoms with E-state index >= 15 is 0 Å². The zero-order valence-electron chi connectivity index (χ0n) is 18.3. The highest BCUT2D eigenvalue weighted by Crippen LogP contribution is 2.26. The molecule has 2 heterocycles. The Morgan fingerprint density at radius 1 is 0.788 bits per heavy atom. The van der Waals surface area contributed by atoms with Crippen molar-refractivity contribution in [1.29, 1.82) is 0 Å². The summed E-state index contributed by atoms with van der Waals surface area (Å²) in [6.07, 6.45) is 1.73. The molecule has 2 aromatic carbocycles. The van der Waals surface area contributed by atoms with Gasteiger partial charge in [-0.3, -0.25) is 9.80 Å². The molecule has 4 N–H and O–H groups in total. The van der Waals surface area contributed by atoms with Crippen LogP contribution in [0, 0.1) is 0 Å². The molecule has 184 valence electrons. The first-order chi connectivity index (χ1) is 14.5. The molecule has 4 rings (SSSR count). The van der Waals surface area contributed by atoms with E-state index in [1.54, 1.807) is 24.3 Å². The molecule has 12 heteroatoms. The number of rotatable bonds is 5. The van der Waals surface area contributed by atoms with E-state index in [2.05, 4.69) is 16.7 Å². The highest BCUT2D eigenvalue weighted by molar-refractivity contribution is 7.89. The number of nitrogens with two attached hydrogens (primary N) is 2. The van der Waals surface area contributed by atoms with Gasteiger partial charge in [-0.15, -0.1) is 24.8 Å². The van der Waals surface area contributed by atoms with Crippen molar-refractivity contribution in [3.05, 3.63) is 58.7 Å². The Labute approximate surface area is 208 Å². The van der Waals surface area contributed by atoms with Crippen LogP contribution in [0.2, 0.25) is 0 Å². The van der Waals surface area contributed by atoms with Gasteiger partial charge >= 0.3 is 0 Å². The summed E-state index contributed by atoms with van der Waals surface area (Å²) < 4.78 is 46.8. The lowest BCUT2D eigenvalue weighted by molar-refractivity contribution is 0.129. The standard InChI is InChI=1S/C21H28N4O4S2.2ClH/c1-15(25-9-7-17-3-5-21(31(23,28)29)11-19(17)14-25)12-24-8-6-16-2-4-20(30(22,26)27)10-18(16)13-24;;/h2-5,10-11,15H,6-9,12-14H2,1H3,(H2,22,26,27)(H2,23,28,29);2*1H. The Bertz CT molecular complexity index is 1220. The van der Waals surface area contributed by atoms with E-state index in [9.17, 15) is 16.8 Å². The van der Waals surface area contributed by atoms with E-state index in [0.29, 0.717) is 13.1 Å². The van der Waals surface area contributed by atoms with Gasteiger partial charge in [-0.05, 0) is 66.3 Å². The van der Waals surface area contributed by atoms with Crippen molar-refractivity contribution in [2.75, 3.05) is 19.6 Å². The molecule has 2 aliphatic heterocycles. The highest BCUT2D eigenvalue weighted by atomic mass is 35.5. The molecule has 0 spiro atoms. The maximum Gasteiger partial charge on any atom is 0.238 e. The van der Waals surface area contributed by atoms with Crippen LogP contribution >= 0.6 is 24.8 Å². The Hall–Kier alpha value is -1.24. The first-order valence-electron chi connectivity index (χ1n) is 10.3. The number of primary sulfonamides is 2. The van der Waals surface area contributed by atoms with Gasteiger partial charge in [-0.25, -0.2) is 27.1 Å². The molecule has 0 amide bonds. The number of nitrogens with zero attached hydrogens (tertiary/aromatic N) is 2. The molecule has 0 fully saturated rings. The minimum atomic E-state index is -3.72. The summed E-state index contributed by atoms with van der Waals surface area (Å²) in [5.41, 5.74) is 4.34. The van der Waals surface area contributed by atoms with Crippen LogP contribution in [0.5, 0.6) is 0 Å². The van der Waals surface area contributed by atoms with Crippen LogP contribution in [-0.4, -0.2) is 52.3 Å². The normalized spacial score (nSPS) is 17.8. The monoisotopic (exact) mass is 536 g/mol. The molecule has 0 aromatic heterocycles. The van der Waals surface area contributed by atoms with Gasteiger partial charge in [0.25, 0.3) is 0 Å². The molecule has 2 aliphatic rings. The Morgan fingerprint density at radius 2 is 1.27 bits per heavy atom. The number of halogens is 2. The molecule has 0 saturated carbocycles. The summed E-state index contributed by atoms with van der Waals surface area (Å²) in [5, 5.41) is 10.6. The molecule has 0 aliphatic carbocycles. The third-order valence-corrected chi connectivity index (χ3v) is 8.11. The fraction of sp³-hybridized carbons (Fsp3) is 0.429. The average molecular weight is 538 g/mol. The molecule has 1 unspecified atom stereocenters. The second kappa shape index (κ2) is 10.6. The number of hydrogen-bond donors (Lipinski definition) is 2. The van der Waals surface area contributed by atoms with E-state index in [1.807, 2.05) is 12.1 Å². The van der Waals surface area contributed by atoms with Crippen LogP contribution in [0.3, 0.4) is 0 Å². The summed E-state index contributed by atoms with van der Waals surface area (Å²) in [6, 6.07) is 10.5. The molecule has 0 saturated heterocycles. The summed E-state index contributed by atoms with van der Waals surface area (Å²) in [7, 11) is -7.43. The molecule has 0 bridgehead atoms. The van der Waals surface area contributed by atoms with Crippen LogP contribution in [0.25, 0.3) is 0 Å². The number of sulfonamides is 2. The van der Waals surface area contributed by atoms with E-state index in [1.165, 1.54) is 11.1 Å². The average Bonchev–Trinajstić information content (AvgIpc) is 2.71. The first-order valence-corrected chi connectivity index (χ1v) is 13.4. The number of benzene rings is 2. The van der Waals surface area contributed by atoms with Crippen molar-refractivity contribution in [2.45, 2.75) is 48.7 Å². The van der Waals surface area contributed by atoms with Crippen LogP contribution in [0.15, 0.2) is 46.2 Å². The van der Waals surface area contributed by atoms with E-state index in [0.717, 1.165) is 43.6 Å². The van der Waals surface area contributed by atoms with Gasteiger partial charge in [-0.2, -0.15) is 0 Å². The predicted octanol–water partition coefficient (Wildman–Crippen LogP) is 1.63. The fourth-order valence-electron chi connectivity index (χ4n) is 4.52. The molecule has 2 aromatic rings. The van der Waals surface area contributed by atoms with Crippen molar-refractivity contribution < 1.29 is 16.8 Å². The zero-order chi connectivity index (χ0) is 22.4. The maximum absolute atomic E-state index is 11.7. The summed E-state index contributed by atoms with van der Waals surface area (Å²) in [6.45, 7) is 6.19. The van der Waals surface area contributed by atoms with Crippen LogP contribution in [0.4, 0.5) is 0 Å². The minimum absolute atomic E-state index is 0. The van der Waals surface area contributed by atoms with Crippen molar-refractivity contribution in [3.63, 3.8) is 0 Å². The maximum atomic E-state index is 11.7. The molecule has 0 radical (unpaired) electrons. The molecular formula is C21H30Cl2N4O4S2. The quantitative estimate of drug-likeness (QED) is 0.597. The molecule has 8 nitrogen and oxygen atoms in total. The van der Waals surface area contributed by atoms with E-state index in [-0.39, 0.29) is 40.6 Å². The van der Waals surface area contributed by atoms with Crippen molar-refractivity contribution >= 4 is 44.9 Å². The predicted molar refractivity (Wildman–Crippen MR) is 133 cm³/mol. The van der Waals surface area contributed by atoms with Gasteiger partial charge in [-0.1, -0.05) is 12.1 Å². The number of hydrogen-bond acceptors (Lipinski definition) is 6. The van der Waals surface area contributed by atoms with Crippen molar-refractivity contribution in [1.82, 2.24) is 9.80 Å². The van der Waals surface area contributed by atoms with E-state index in [4.69, 9.17) is 10.3 Å². The molecular weight excluding hydrogens is 507 g/mol. The molecule has 1 atom stereocenters. The second-order valence-corrected chi connectivity index (χ2v) is 11.6. The van der Waals surface area contributed by atoms with Gasteiger partial charge in [0.15, 0.2) is 0 Å². The van der Waals surface area contributed by atoms with Gasteiger partial charge in [0.2, 0.25) is 20.0 Å². The largest absolute Gasteiger partial charge is 0.297 e. The summed E-state index contributed by atoms with van der Waals surface area (Å²) >= 11 is 0. The van der Waals surface area contributed by atoms with Gasteiger partial charge in [0.05, 0.1) is 9.79 Å². The smallest absolute Gasteiger partial charge is 0.238 e. The Kier molecular flexibility index (Phi) is 8.97. The lowest BCUT2D eigenvalue weighted by atomic mass is 9.97. The molecule has 33 heavy (non-hydrogen) atoms. The van der Waals surface area contributed by atoms with Gasteiger partial charge in [0, 0.05) is 38.8 Å². The Morgan fingerprint density at radius 3 is 1.79 bits per heavy atom. The summed E-state index contributed by atoms with van der Waals surface area (Å²) in [5.74, 6) is 0. The van der Waals surface area contributed by atoms with E-state index < -0.39 is 20.0 Å². The SMILES string of the molecule is CC(CN1CCc2ccc(S(N)(=O)=O)cc2C1)N1CCc2ccc(S(N)(=O)=O)cc2C1.Cl.Cl. The topological polar surface area (TPSA) is 127 Å². The third kappa shape index (κ3) is 6.46. The van der Waals surface area contributed by atoms with Crippen LogP contribution in [0.1, 0.15) is 29.2 Å². The Balaban J connectivity index is 0.00000193. The fourth-order valence-corrected chi connectivity index (χ4v) is 5.65. The summed E-state index contributed by atoms with van der Waals surface area (Å²) in [4.78, 5) is 4.99. The number of fused-ring (bicyclic) bond motifs is 2. The lowest BCUT2D eigenvalue weighted by Gasteiger charge is -2.38. The minimum Gasteiger partial charge on any atom is -0.297 e.